The molecule has 0 aliphatic carbocycles. The lowest BCUT2D eigenvalue weighted by molar-refractivity contribution is 0.591. The van der Waals surface area contributed by atoms with Gasteiger partial charge >= 0.3 is 0 Å². The van der Waals surface area contributed by atoms with Crippen LogP contribution in [0.3, 0.4) is 0 Å². The van der Waals surface area contributed by atoms with Crippen molar-refractivity contribution in [3.63, 3.8) is 0 Å². The minimum Gasteiger partial charge on any atom is -0.344 e. The van der Waals surface area contributed by atoms with E-state index in [1.165, 1.54) is 82.8 Å². The first kappa shape index (κ1) is 28.4. The number of fused-ring (bicyclic) bond motifs is 8. The van der Waals surface area contributed by atoms with Gasteiger partial charge in [-0.3, -0.25) is 0 Å². The van der Waals surface area contributed by atoms with Crippen LogP contribution in [-0.4, -0.2) is 13.8 Å². The van der Waals surface area contributed by atoms with Gasteiger partial charge in [-0.25, -0.2) is 0 Å². The van der Waals surface area contributed by atoms with Crippen LogP contribution in [0.25, 0.3) is 0 Å². The quantitative estimate of drug-likeness (QED) is 0.168. The van der Waals surface area contributed by atoms with Gasteiger partial charge in [-0.05, 0) is 107 Å². The molecule has 0 radical (unpaired) electrons. The van der Waals surface area contributed by atoms with Gasteiger partial charge < -0.3 is 14.7 Å². The number of nitrogens with zero attached hydrogens (tertiary/aromatic N) is 3. The molecular weight excluding hydrogens is 589 g/mol. The number of benzene rings is 6. The number of hydrogen-bond donors (Lipinski definition) is 0. The average Bonchev–Trinajstić information content (AvgIpc) is 3.07. The number of aryl methyl sites for hydroxylation is 1. The minimum absolute atomic E-state index is 0.0274. The molecule has 2 bridgehead atoms. The van der Waals surface area contributed by atoms with Crippen molar-refractivity contribution in [2.45, 2.75) is 42.9 Å². The van der Waals surface area contributed by atoms with E-state index in [1.807, 2.05) is 11.8 Å². The van der Waals surface area contributed by atoms with Crippen LogP contribution in [0.15, 0.2) is 137 Å². The molecule has 0 N–H and O–H groups in total. The highest BCUT2D eigenvalue weighted by molar-refractivity contribution is 7.99. The van der Waals surface area contributed by atoms with E-state index in [0.717, 1.165) is 0 Å². The maximum Gasteiger partial charge on any atom is 0.252 e. The molecule has 3 aliphatic rings. The standard InChI is InChI=1S/C42H36BN3S/c1-27-23-37-41-38(24-27)46-35-16-10-12-18-40(35)47-39-17-11-9-15-34(39)44(5)30-20-21-31(36(46)26-30)43(41)32-25-28(42(2,3)4)19-22-33(32)45(37)29-13-7-6-8-14-29/h6-26H,1-5H3. The third kappa shape index (κ3) is 4.29. The topological polar surface area (TPSA) is 9.72 Å². The SMILES string of the molecule is Cc1cc2c3c(c1)N1c4ccccc4Sc4ccccc4N(C)c4ccc(c1c4)B3c1cc(C(C)(C)C)ccc1N2c1ccccc1. The third-order valence-electron chi connectivity index (χ3n) is 10.0. The molecule has 0 unspecified atom stereocenters. The van der Waals surface area contributed by atoms with Crippen LogP contribution in [0.4, 0.5) is 45.5 Å². The summed E-state index contributed by atoms with van der Waals surface area (Å²) in [6.07, 6.45) is 0. The van der Waals surface area contributed by atoms with E-state index < -0.39 is 0 Å². The Bertz CT molecular complexity index is 2220. The first-order chi connectivity index (χ1) is 22.8. The second kappa shape index (κ2) is 10.3. The molecule has 3 aliphatic heterocycles. The van der Waals surface area contributed by atoms with Crippen molar-refractivity contribution in [1.29, 1.82) is 0 Å². The van der Waals surface area contributed by atoms with Crippen LogP contribution in [-0.2, 0) is 5.41 Å². The molecule has 6 aromatic carbocycles. The van der Waals surface area contributed by atoms with Crippen molar-refractivity contribution >= 4 is 80.4 Å². The van der Waals surface area contributed by atoms with Gasteiger partial charge in [0.25, 0.3) is 6.71 Å². The van der Waals surface area contributed by atoms with Crippen molar-refractivity contribution in [2.24, 2.45) is 0 Å². The van der Waals surface area contributed by atoms with Crippen LogP contribution in [0.1, 0.15) is 31.9 Å². The summed E-state index contributed by atoms with van der Waals surface area (Å²) in [5.41, 5.74) is 16.5. The Morgan fingerprint density at radius 1 is 0.532 bits per heavy atom. The van der Waals surface area contributed by atoms with Crippen molar-refractivity contribution in [1.82, 2.24) is 0 Å². The summed E-state index contributed by atoms with van der Waals surface area (Å²) in [6.45, 7) is 9.29. The van der Waals surface area contributed by atoms with Gasteiger partial charge in [0.2, 0.25) is 0 Å². The van der Waals surface area contributed by atoms with Crippen LogP contribution < -0.4 is 31.1 Å². The van der Waals surface area contributed by atoms with E-state index in [4.69, 9.17) is 0 Å². The number of rotatable bonds is 1. The minimum atomic E-state index is 0.0274. The van der Waals surface area contributed by atoms with E-state index in [1.54, 1.807) is 0 Å². The molecule has 47 heavy (non-hydrogen) atoms. The first-order valence-corrected chi connectivity index (χ1v) is 17.3. The van der Waals surface area contributed by atoms with Gasteiger partial charge in [-0.2, -0.15) is 0 Å². The van der Waals surface area contributed by atoms with Gasteiger partial charge in [0.15, 0.2) is 0 Å². The first-order valence-electron chi connectivity index (χ1n) is 16.5. The van der Waals surface area contributed by atoms with E-state index in [-0.39, 0.29) is 12.1 Å². The second-order valence-electron chi connectivity index (χ2n) is 14.0. The smallest absolute Gasteiger partial charge is 0.252 e. The molecule has 6 aromatic rings. The molecule has 0 saturated heterocycles. The maximum absolute atomic E-state index is 2.55. The number of anilines is 8. The Labute approximate surface area is 282 Å². The van der Waals surface area contributed by atoms with Gasteiger partial charge in [0.1, 0.15) is 0 Å². The zero-order valence-corrected chi connectivity index (χ0v) is 28.3. The third-order valence-corrected chi connectivity index (χ3v) is 11.1. The molecule has 9 rings (SSSR count). The lowest BCUT2D eigenvalue weighted by Crippen LogP contribution is -2.61. The zero-order chi connectivity index (χ0) is 32.0. The summed E-state index contributed by atoms with van der Waals surface area (Å²) in [7, 11) is 2.20. The molecule has 0 aromatic heterocycles. The largest absolute Gasteiger partial charge is 0.344 e. The molecule has 0 amide bonds. The monoisotopic (exact) mass is 625 g/mol. The van der Waals surface area contributed by atoms with Crippen LogP contribution in [0.2, 0.25) is 0 Å². The van der Waals surface area contributed by atoms with Crippen LogP contribution in [0, 0.1) is 6.92 Å². The Hall–Kier alpha value is -4.87. The molecule has 0 spiro atoms. The summed E-state index contributed by atoms with van der Waals surface area (Å²) in [6, 6.07) is 47.7. The highest BCUT2D eigenvalue weighted by Gasteiger charge is 2.44. The van der Waals surface area contributed by atoms with Crippen molar-refractivity contribution in [3.8, 4) is 0 Å². The van der Waals surface area contributed by atoms with Crippen molar-refractivity contribution in [3.05, 3.63) is 139 Å². The Morgan fingerprint density at radius 2 is 1.19 bits per heavy atom. The fraction of sp³-hybridized carbons (Fsp3) is 0.143. The van der Waals surface area contributed by atoms with E-state index in [0.29, 0.717) is 0 Å². The summed E-state index contributed by atoms with van der Waals surface area (Å²) < 4.78 is 0. The van der Waals surface area contributed by atoms with Crippen molar-refractivity contribution in [2.75, 3.05) is 21.7 Å². The van der Waals surface area contributed by atoms with Gasteiger partial charge in [0, 0.05) is 51.0 Å². The Morgan fingerprint density at radius 3 is 1.94 bits per heavy atom. The van der Waals surface area contributed by atoms with Gasteiger partial charge in [-0.15, -0.1) is 0 Å². The molecule has 228 valence electrons. The second-order valence-corrected chi connectivity index (χ2v) is 15.1. The summed E-state index contributed by atoms with van der Waals surface area (Å²) in [5.74, 6) is 0. The molecule has 0 fully saturated rings. The molecule has 3 heterocycles. The Kier molecular flexibility index (Phi) is 6.23. The molecule has 5 heteroatoms. The van der Waals surface area contributed by atoms with Crippen molar-refractivity contribution < 1.29 is 0 Å². The molecule has 0 saturated carbocycles. The average molecular weight is 626 g/mol. The molecular formula is C42H36BN3S. The highest BCUT2D eigenvalue weighted by Crippen LogP contribution is 2.50. The number of para-hydroxylation sites is 3. The van der Waals surface area contributed by atoms with Gasteiger partial charge in [-0.1, -0.05) is 93.2 Å². The zero-order valence-electron chi connectivity index (χ0n) is 27.5. The Balaban J connectivity index is 1.40. The summed E-state index contributed by atoms with van der Waals surface area (Å²) in [5, 5.41) is 0. The fourth-order valence-electron chi connectivity index (χ4n) is 7.72. The lowest BCUT2D eigenvalue weighted by atomic mass is 9.33. The molecule has 0 atom stereocenters. The normalized spacial score (nSPS) is 14.2. The van der Waals surface area contributed by atoms with Crippen LogP contribution in [0.5, 0.6) is 0 Å². The highest BCUT2D eigenvalue weighted by atomic mass is 32.2. The van der Waals surface area contributed by atoms with E-state index >= 15 is 0 Å². The lowest BCUT2D eigenvalue weighted by Gasteiger charge is -2.45. The maximum atomic E-state index is 2.55. The van der Waals surface area contributed by atoms with E-state index in [9.17, 15) is 0 Å². The predicted molar refractivity (Wildman–Crippen MR) is 203 cm³/mol. The summed E-state index contributed by atoms with van der Waals surface area (Å²) >= 11 is 1.85. The fourth-order valence-corrected chi connectivity index (χ4v) is 8.82. The van der Waals surface area contributed by atoms with Crippen LogP contribution >= 0.6 is 11.8 Å². The van der Waals surface area contributed by atoms with E-state index in [2.05, 4.69) is 177 Å². The number of hydrogen-bond acceptors (Lipinski definition) is 4. The van der Waals surface area contributed by atoms with Gasteiger partial charge in [0.05, 0.1) is 11.4 Å². The molecule has 3 nitrogen and oxygen atoms in total. The summed E-state index contributed by atoms with van der Waals surface area (Å²) in [4.78, 5) is 9.87. The predicted octanol–water partition coefficient (Wildman–Crippen LogP) is 9.61.